The van der Waals surface area contributed by atoms with Crippen molar-refractivity contribution in [3.05, 3.63) is 87.6 Å². The Morgan fingerprint density at radius 2 is 1.68 bits per heavy atom. The number of aryl methyl sites for hydroxylation is 1. The number of hydrogen-bond acceptors (Lipinski definition) is 3. The van der Waals surface area contributed by atoms with Gasteiger partial charge < -0.3 is 9.47 Å². The number of alkyl halides is 1. The minimum Gasteiger partial charge on any atom is -0.492 e. The molecular formula is C26H30INO2S. The first-order valence-electron chi connectivity index (χ1n) is 10.5. The zero-order valence-corrected chi connectivity index (χ0v) is 21.4. The van der Waals surface area contributed by atoms with E-state index in [0.717, 1.165) is 34.2 Å². The first kappa shape index (κ1) is 23.7. The summed E-state index contributed by atoms with van der Waals surface area (Å²) in [7, 11) is 1.75. The SMILES string of the molecule is COC1=CS(CCCCCI)(c2ccc(C)cc2)C(C(C#N)c2ccccc2)=C1OC. The number of unbranched alkanes of at least 4 members (excludes halogenated alkanes) is 2. The Morgan fingerprint density at radius 1 is 0.968 bits per heavy atom. The molecule has 31 heavy (non-hydrogen) atoms. The maximum atomic E-state index is 10.4. The molecule has 1 aliphatic heterocycles. The molecule has 2 aromatic rings. The van der Waals surface area contributed by atoms with Crippen LogP contribution in [0.3, 0.4) is 0 Å². The van der Waals surface area contributed by atoms with Crippen LogP contribution in [-0.4, -0.2) is 24.4 Å². The molecule has 2 atom stereocenters. The molecule has 164 valence electrons. The van der Waals surface area contributed by atoms with Crippen molar-refractivity contribution in [3.63, 3.8) is 0 Å². The van der Waals surface area contributed by atoms with Crippen molar-refractivity contribution < 1.29 is 9.47 Å². The molecule has 0 aliphatic carbocycles. The number of halogens is 1. The van der Waals surface area contributed by atoms with Gasteiger partial charge in [0.15, 0.2) is 11.5 Å². The van der Waals surface area contributed by atoms with E-state index in [1.165, 1.54) is 27.7 Å². The molecule has 1 aliphatic rings. The quantitative estimate of drug-likeness (QED) is 0.177. The monoisotopic (exact) mass is 547 g/mol. The van der Waals surface area contributed by atoms with Crippen molar-refractivity contribution in [3.8, 4) is 6.07 Å². The van der Waals surface area contributed by atoms with E-state index in [0.29, 0.717) is 0 Å². The van der Waals surface area contributed by atoms with E-state index in [9.17, 15) is 5.26 Å². The van der Waals surface area contributed by atoms with Gasteiger partial charge in [0.05, 0.1) is 20.3 Å². The summed E-state index contributed by atoms with van der Waals surface area (Å²) in [5.41, 5.74) is 2.23. The molecule has 0 radical (unpaired) electrons. The Morgan fingerprint density at radius 3 is 2.26 bits per heavy atom. The second-order valence-electron chi connectivity index (χ2n) is 7.62. The van der Waals surface area contributed by atoms with Crippen LogP contribution in [-0.2, 0) is 9.47 Å². The fourth-order valence-electron chi connectivity index (χ4n) is 4.06. The largest absolute Gasteiger partial charge is 0.492 e. The maximum absolute atomic E-state index is 10.4. The van der Waals surface area contributed by atoms with Gasteiger partial charge in [0.2, 0.25) is 0 Å². The van der Waals surface area contributed by atoms with Crippen LogP contribution >= 0.6 is 32.6 Å². The van der Waals surface area contributed by atoms with Crippen LogP contribution in [0.2, 0.25) is 0 Å². The predicted octanol–water partition coefficient (Wildman–Crippen LogP) is 7.43. The summed E-state index contributed by atoms with van der Waals surface area (Å²) in [5, 5.41) is 12.6. The lowest BCUT2D eigenvalue weighted by molar-refractivity contribution is 0.220. The van der Waals surface area contributed by atoms with Gasteiger partial charge in [-0.1, -0.05) is 77.0 Å². The molecule has 1 heterocycles. The molecule has 0 spiro atoms. The van der Waals surface area contributed by atoms with Gasteiger partial charge in [0, 0.05) is 10.3 Å². The Labute approximate surface area is 201 Å². The van der Waals surface area contributed by atoms with Crippen molar-refractivity contribution in [2.45, 2.75) is 37.0 Å². The van der Waals surface area contributed by atoms with Crippen LogP contribution in [0, 0.1) is 18.3 Å². The summed E-state index contributed by atoms with van der Waals surface area (Å²) in [6.07, 6.45) is 3.49. The van der Waals surface area contributed by atoms with Crippen LogP contribution in [0.15, 0.2) is 81.3 Å². The summed E-state index contributed by atoms with van der Waals surface area (Å²) in [6, 6.07) is 21.4. The molecule has 3 rings (SSSR count). The van der Waals surface area contributed by atoms with Crippen LogP contribution < -0.4 is 0 Å². The third-order valence-corrected chi connectivity index (χ3v) is 10.3. The number of benzene rings is 2. The third kappa shape index (κ3) is 4.96. The Hall–Kier alpha value is -1.91. The van der Waals surface area contributed by atoms with E-state index in [-0.39, 0.29) is 5.92 Å². The van der Waals surface area contributed by atoms with Crippen molar-refractivity contribution in [2.75, 3.05) is 24.4 Å². The molecule has 0 bridgehead atoms. The zero-order chi connectivity index (χ0) is 22.3. The minimum absolute atomic E-state index is 0.388. The third-order valence-electron chi connectivity index (χ3n) is 5.64. The average molecular weight is 548 g/mol. The van der Waals surface area contributed by atoms with Crippen molar-refractivity contribution >= 4 is 32.6 Å². The van der Waals surface area contributed by atoms with Gasteiger partial charge >= 0.3 is 0 Å². The van der Waals surface area contributed by atoms with Gasteiger partial charge in [0.25, 0.3) is 0 Å². The molecule has 0 aromatic heterocycles. The fraction of sp³-hybridized carbons (Fsp3) is 0.346. The van der Waals surface area contributed by atoms with Crippen LogP contribution in [0.5, 0.6) is 0 Å². The standard InChI is InChI=1S/C26H30INO2S/c1-20-12-14-22(15-13-20)31(17-9-5-8-16-27)19-24(29-2)25(30-3)26(31)23(18-28)21-10-6-4-7-11-21/h4,6-7,10-15,19,23H,5,8-9,16-17H2,1-3H3. The van der Waals surface area contributed by atoms with Crippen molar-refractivity contribution in [2.24, 2.45) is 0 Å². The summed E-state index contributed by atoms with van der Waals surface area (Å²) in [4.78, 5) is 2.33. The fourth-order valence-corrected chi connectivity index (χ4v) is 8.67. The maximum Gasteiger partial charge on any atom is 0.171 e. The summed E-state index contributed by atoms with van der Waals surface area (Å²) >= 11 is 2.44. The van der Waals surface area contributed by atoms with E-state index in [1.54, 1.807) is 14.2 Å². The van der Waals surface area contributed by atoms with Gasteiger partial charge in [-0.3, -0.25) is 0 Å². The number of nitriles is 1. The van der Waals surface area contributed by atoms with Gasteiger partial charge in [-0.15, -0.1) is 0 Å². The van der Waals surface area contributed by atoms with Crippen molar-refractivity contribution in [1.82, 2.24) is 0 Å². The average Bonchev–Trinajstić information content (AvgIpc) is 3.13. The smallest absolute Gasteiger partial charge is 0.171 e. The number of nitrogens with zero attached hydrogens (tertiary/aromatic N) is 1. The summed E-state index contributed by atoms with van der Waals surface area (Å²) in [5.74, 6) is 2.08. The summed E-state index contributed by atoms with van der Waals surface area (Å²) in [6.45, 7) is 2.11. The Kier molecular flexibility index (Phi) is 8.50. The first-order valence-corrected chi connectivity index (χ1v) is 13.9. The first-order chi connectivity index (χ1) is 15.1. The van der Waals surface area contributed by atoms with Crippen LogP contribution in [0.1, 0.15) is 36.3 Å². The molecule has 3 nitrogen and oxygen atoms in total. The highest BCUT2D eigenvalue weighted by molar-refractivity contribution is 14.1. The van der Waals surface area contributed by atoms with E-state index in [1.807, 2.05) is 30.3 Å². The molecular weight excluding hydrogens is 517 g/mol. The molecule has 5 heteroatoms. The van der Waals surface area contributed by atoms with Gasteiger partial charge in [-0.05, 0) is 52.5 Å². The topological polar surface area (TPSA) is 42.2 Å². The number of ether oxygens (including phenoxy) is 2. The van der Waals surface area contributed by atoms with Crippen LogP contribution in [0.25, 0.3) is 0 Å². The Bertz CT molecular complexity index is 979. The Balaban J connectivity index is 2.22. The lowest BCUT2D eigenvalue weighted by Crippen LogP contribution is -2.13. The number of methoxy groups -OCH3 is 2. The van der Waals surface area contributed by atoms with Gasteiger partial charge in [0.1, 0.15) is 5.92 Å². The van der Waals surface area contributed by atoms with E-state index in [2.05, 4.69) is 65.3 Å². The van der Waals surface area contributed by atoms with E-state index in [4.69, 9.17) is 9.47 Å². The molecule has 0 amide bonds. The van der Waals surface area contributed by atoms with Crippen molar-refractivity contribution in [1.29, 1.82) is 5.26 Å². The van der Waals surface area contributed by atoms with E-state index >= 15 is 0 Å². The molecule has 0 fully saturated rings. The minimum atomic E-state index is -1.62. The molecule has 0 N–H and O–H groups in total. The second-order valence-corrected chi connectivity index (χ2v) is 11.8. The lowest BCUT2D eigenvalue weighted by atomic mass is 9.99. The lowest BCUT2D eigenvalue weighted by Gasteiger charge is -2.39. The molecule has 0 saturated heterocycles. The number of allylic oxidation sites excluding steroid dienone is 1. The zero-order valence-electron chi connectivity index (χ0n) is 18.4. The number of hydrogen-bond donors (Lipinski definition) is 0. The molecule has 2 aromatic carbocycles. The van der Waals surface area contributed by atoms with Gasteiger partial charge in [-0.2, -0.15) is 15.3 Å². The highest BCUT2D eigenvalue weighted by Gasteiger charge is 2.43. The predicted molar refractivity (Wildman–Crippen MR) is 139 cm³/mol. The highest BCUT2D eigenvalue weighted by atomic mass is 127. The number of rotatable bonds is 10. The summed E-state index contributed by atoms with van der Waals surface area (Å²) < 4.78 is 12.9. The van der Waals surface area contributed by atoms with Gasteiger partial charge in [-0.25, -0.2) is 0 Å². The molecule has 0 saturated carbocycles. The second kappa shape index (κ2) is 11.1. The highest BCUT2D eigenvalue weighted by Crippen LogP contribution is 2.72. The normalized spacial score (nSPS) is 21.1. The molecule has 2 unspecified atom stereocenters. The van der Waals surface area contributed by atoms with E-state index < -0.39 is 10.0 Å². The van der Waals surface area contributed by atoms with Crippen LogP contribution in [0.4, 0.5) is 0 Å².